The van der Waals surface area contributed by atoms with Crippen LogP contribution in [0.15, 0.2) is 59.5 Å². The monoisotopic (exact) mass is 404 g/mol. The van der Waals surface area contributed by atoms with E-state index in [4.69, 9.17) is 4.74 Å². The van der Waals surface area contributed by atoms with E-state index in [-0.39, 0.29) is 11.5 Å². The van der Waals surface area contributed by atoms with E-state index in [9.17, 15) is 9.59 Å². The van der Waals surface area contributed by atoms with Crippen molar-refractivity contribution in [1.29, 1.82) is 0 Å². The van der Waals surface area contributed by atoms with Crippen molar-refractivity contribution < 1.29 is 9.53 Å². The van der Waals surface area contributed by atoms with Crippen molar-refractivity contribution in [1.82, 2.24) is 19.7 Å². The molecule has 1 amide bonds. The van der Waals surface area contributed by atoms with Crippen LogP contribution in [-0.4, -0.2) is 27.4 Å². The lowest BCUT2D eigenvalue weighted by molar-refractivity contribution is -0.121. The smallest absolute Gasteiger partial charge is 0.291 e. The number of ether oxygens (including phenoxy) is 1. The zero-order chi connectivity index (χ0) is 21.1. The molecule has 0 aliphatic carbocycles. The molecule has 2 heterocycles. The number of amides is 1. The molecular weight excluding hydrogens is 380 g/mol. The number of carbonyl (C=O) groups is 1. The fraction of sp³-hybridized carbons (Fsp3) is 0.261. The first-order valence-corrected chi connectivity index (χ1v) is 9.91. The first-order valence-electron chi connectivity index (χ1n) is 9.91. The molecule has 0 atom stereocenters. The van der Waals surface area contributed by atoms with E-state index in [1.54, 1.807) is 20.4 Å². The average molecular weight is 404 g/mol. The Labute approximate surface area is 173 Å². The largest absolute Gasteiger partial charge is 0.497 e. The highest BCUT2D eigenvalue weighted by molar-refractivity contribution is 6.07. The fourth-order valence-corrected chi connectivity index (χ4v) is 3.70. The molecule has 30 heavy (non-hydrogen) atoms. The van der Waals surface area contributed by atoms with Crippen molar-refractivity contribution in [2.45, 2.75) is 25.9 Å². The predicted molar refractivity (Wildman–Crippen MR) is 117 cm³/mol. The van der Waals surface area contributed by atoms with Gasteiger partial charge in [-0.25, -0.2) is 4.68 Å². The van der Waals surface area contributed by atoms with E-state index in [1.165, 1.54) is 4.68 Å². The lowest BCUT2D eigenvalue weighted by Gasteiger charge is -2.09. The van der Waals surface area contributed by atoms with Crippen molar-refractivity contribution in [3.05, 3.63) is 70.6 Å². The van der Waals surface area contributed by atoms with Crippen LogP contribution in [0.4, 0.5) is 0 Å². The van der Waals surface area contributed by atoms with Crippen molar-refractivity contribution in [3.8, 4) is 5.75 Å². The number of hydrogen-bond acceptors (Lipinski definition) is 4. The molecular formula is C23H24N4O3. The summed E-state index contributed by atoms with van der Waals surface area (Å²) in [5.41, 5.74) is 2.50. The molecule has 0 aliphatic rings. The zero-order valence-electron chi connectivity index (χ0n) is 17.1. The number of methoxy groups -OCH3 is 1. The van der Waals surface area contributed by atoms with E-state index in [1.807, 2.05) is 53.1 Å². The van der Waals surface area contributed by atoms with Crippen molar-refractivity contribution >= 4 is 27.7 Å². The highest BCUT2D eigenvalue weighted by Gasteiger charge is 2.15. The number of aromatic nitrogens is 3. The Morgan fingerprint density at radius 2 is 1.87 bits per heavy atom. The standard InChI is InChI=1S/C23H24N4O3/c1-26-23(29)22-19(15-25-26)18-6-3-4-7-20(18)27(22)13-5-8-21(28)24-14-16-9-11-17(30-2)12-10-16/h3-4,6-7,9-12,15H,5,8,13-14H2,1-2H3,(H,24,28). The summed E-state index contributed by atoms with van der Waals surface area (Å²) in [6, 6.07) is 15.5. The SMILES string of the molecule is COc1ccc(CNC(=O)CCCn2c3ccccc3c3cnn(C)c(=O)c32)cc1. The van der Waals surface area contributed by atoms with Gasteiger partial charge in [0.2, 0.25) is 5.91 Å². The van der Waals surface area contributed by atoms with Gasteiger partial charge in [0, 0.05) is 42.8 Å². The molecule has 0 radical (unpaired) electrons. The first kappa shape index (κ1) is 19.7. The topological polar surface area (TPSA) is 78.2 Å². The molecule has 0 fully saturated rings. The Hall–Kier alpha value is -3.61. The number of nitrogens with zero attached hydrogens (tertiary/aromatic N) is 3. The molecule has 154 valence electrons. The maximum atomic E-state index is 12.7. The Kier molecular flexibility index (Phi) is 5.52. The van der Waals surface area contributed by atoms with E-state index in [2.05, 4.69) is 10.4 Å². The van der Waals surface area contributed by atoms with Crippen LogP contribution in [0.3, 0.4) is 0 Å². The fourth-order valence-electron chi connectivity index (χ4n) is 3.70. The maximum Gasteiger partial charge on any atom is 0.291 e. The first-order chi connectivity index (χ1) is 14.6. The van der Waals surface area contributed by atoms with Gasteiger partial charge >= 0.3 is 0 Å². The van der Waals surface area contributed by atoms with Gasteiger partial charge in [-0.1, -0.05) is 30.3 Å². The molecule has 1 N–H and O–H groups in total. The summed E-state index contributed by atoms with van der Waals surface area (Å²) in [6.45, 7) is 1.06. The predicted octanol–water partition coefficient (Wildman–Crippen LogP) is 2.99. The van der Waals surface area contributed by atoms with Gasteiger partial charge in [-0.15, -0.1) is 0 Å². The number of benzene rings is 2. The van der Waals surface area contributed by atoms with Gasteiger partial charge < -0.3 is 14.6 Å². The third-order valence-electron chi connectivity index (χ3n) is 5.30. The number of hydrogen-bond donors (Lipinski definition) is 1. The molecule has 0 saturated carbocycles. The second-order valence-electron chi connectivity index (χ2n) is 7.23. The molecule has 2 aromatic heterocycles. The summed E-state index contributed by atoms with van der Waals surface area (Å²) >= 11 is 0. The molecule has 0 aliphatic heterocycles. The quantitative estimate of drug-likeness (QED) is 0.514. The van der Waals surface area contributed by atoms with Crippen LogP contribution in [0.2, 0.25) is 0 Å². The Morgan fingerprint density at radius 3 is 2.63 bits per heavy atom. The minimum absolute atomic E-state index is 0.0128. The second kappa shape index (κ2) is 8.41. The summed E-state index contributed by atoms with van der Waals surface area (Å²) < 4.78 is 8.49. The van der Waals surface area contributed by atoms with E-state index < -0.39 is 0 Å². The summed E-state index contributed by atoms with van der Waals surface area (Å²) in [4.78, 5) is 25.0. The molecule has 7 nitrogen and oxygen atoms in total. The van der Waals surface area contributed by atoms with Crippen LogP contribution >= 0.6 is 0 Å². The Bertz CT molecular complexity index is 1260. The van der Waals surface area contributed by atoms with Crippen molar-refractivity contribution in [2.75, 3.05) is 7.11 Å². The summed E-state index contributed by atoms with van der Waals surface area (Å²) in [5, 5.41) is 8.95. The normalized spacial score (nSPS) is 11.1. The lowest BCUT2D eigenvalue weighted by Crippen LogP contribution is -2.23. The van der Waals surface area contributed by atoms with Crippen molar-refractivity contribution in [2.24, 2.45) is 7.05 Å². The minimum Gasteiger partial charge on any atom is -0.497 e. The molecule has 0 bridgehead atoms. The van der Waals surface area contributed by atoms with Crippen LogP contribution in [-0.2, 0) is 24.9 Å². The molecule has 2 aromatic carbocycles. The molecule has 4 rings (SSSR count). The van der Waals surface area contributed by atoms with Gasteiger partial charge in [0.05, 0.1) is 13.3 Å². The lowest BCUT2D eigenvalue weighted by atomic mass is 10.2. The molecule has 0 saturated heterocycles. The summed E-state index contributed by atoms with van der Waals surface area (Å²) in [5.74, 6) is 0.777. The van der Waals surface area contributed by atoms with Gasteiger partial charge in [0.1, 0.15) is 11.3 Å². The Morgan fingerprint density at radius 1 is 1.10 bits per heavy atom. The average Bonchev–Trinajstić information content (AvgIpc) is 3.09. The second-order valence-corrected chi connectivity index (χ2v) is 7.23. The maximum absolute atomic E-state index is 12.7. The van der Waals surface area contributed by atoms with Crippen molar-refractivity contribution in [3.63, 3.8) is 0 Å². The number of carbonyl (C=O) groups excluding carboxylic acids is 1. The number of nitrogens with one attached hydrogen (secondary N) is 1. The van der Waals surface area contributed by atoms with Crippen LogP contribution in [0.5, 0.6) is 5.75 Å². The van der Waals surface area contributed by atoms with Gasteiger partial charge in [-0.3, -0.25) is 9.59 Å². The van der Waals surface area contributed by atoms with E-state index in [0.717, 1.165) is 27.6 Å². The molecule has 0 spiro atoms. The van der Waals surface area contributed by atoms with Gasteiger partial charge in [-0.05, 0) is 30.2 Å². The molecule has 7 heteroatoms. The summed E-state index contributed by atoms with van der Waals surface area (Å²) in [7, 11) is 3.27. The van der Waals surface area contributed by atoms with Gasteiger partial charge in [0.25, 0.3) is 5.56 Å². The van der Waals surface area contributed by atoms with Crippen LogP contribution in [0.1, 0.15) is 18.4 Å². The number of aryl methyl sites for hydroxylation is 2. The number of rotatable bonds is 7. The molecule has 0 unspecified atom stereocenters. The van der Waals surface area contributed by atoms with E-state index in [0.29, 0.717) is 31.4 Å². The molecule has 4 aromatic rings. The third-order valence-corrected chi connectivity index (χ3v) is 5.30. The highest BCUT2D eigenvalue weighted by Crippen LogP contribution is 2.26. The number of para-hydroxylation sites is 1. The van der Waals surface area contributed by atoms with Gasteiger partial charge in [-0.2, -0.15) is 5.10 Å². The Balaban J connectivity index is 1.45. The van der Waals surface area contributed by atoms with Crippen LogP contribution in [0.25, 0.3) is 21.8 Å². The highest BCUT2D eigenvalue weighted by atomic mass is 16.5. The minimum atomic E-state index is -0.132. The number of fused-ring (bicyclic) bond motifs is 3. The zero-order valence-corrected chi connectivity index (χ0v) is 17.1. The van der Waals surface area contributed by atoms with E-state index >= 15 is 0 Å². The summed E-state index contributed by atoms with van der Waals surface area (Å²) in [6.07, 6.45) is 2.75. The van der Waals surface area contributed by atoms with Crippen LogP contribution < -0.4 is 15.6 Å². The van der Waals surface area contributed by atoms with Crippen LogP contribution in [0, 0.1) is 0 Å². The van der Waals surface area contributed by atoms with Gasteiger partial charge in [0.15, 0.2) is 0 Å². The third kappa shape index (κ3) is 3.78.